The summed E-state index contributed by atoms with van der Waals surface area (Å²) in [4.78, 5) is 3.46. The maximum absolute atomic E-state index is 10.5. The van der Waals surface area contributed by atoms with Crippen molar-refractivity contribution >= 4 is 22.9 Å². The van der Waals surface area contributed by atoms with E-state index in [1.54, 1.807) is 11.3 Å². The van der Waals surface area contributed by atoms with Crippen LogP contribution in [0, 0.1) is 0 Å². The molecule has 0 unspecified atom stereocenters. The molecule has 1 aliphatic carbocycles. The van der Waals surface area contributed by atoms with Gasteiger partial charge in [-0.05, 0) is 32.0 Å². The third-order valence-electron chi connectivity index (χ3n) is 3.40. The van der Waals surface area contributed by atoms with Gasteiger partial charge in [0.15, 0.2) is 0 Å². The molecule has 0 radical (unpaired) electrons. The van der Waals surface area contributed by atoms with E-state index in [9.17, 15) is 5.11 Å². The van der Waals surface area contributed by atoms with Crippen molar-refractivity contribution in [1.29, 1.82) is 0 Å². The van der Waals surface area contributed by atoms with Gasteiger partial charge in [-0.3, -0.25) is 4.90 Å². The number of thiophene rings is 1. The monoisotopic (exact) mass is 273 g/mol. The molecular formula is C13H20ClNOS. The molecule has 96 valence electrons. The second kappa shape index (κ2) is 5.70. The van der Waals surface area contributed by atoms with E-state index < -0.39 is 5.60 Å². The van der Waals surface area contributed by atoms with Crippen LogP contribution >= 0.6 is 22.9 Å². The van der Waals surface area contributed by atoms with Crippen LogP contribution in [0.1, 0.15) is 37.0 Å². The van der Waals surface area contributed by atoms with E-state index in [1.807, 2.05) is 6.07 Å². The Hall–Kier alpha value is -0.0900. The number of likely N-dealkylation sites (N-methyl/N-ethyl adjacent to an activating group) is 1. The zero-order chi connectivity index (χ0) is 12.3. The molecule has 0 bridgehead atoms. The van der Waals surface area contributed by atoms with Crippen LogP contribution in [0.5, 0.6) is 0 Å². The van der Waals surface area contributed by atoms with E-state index in [2.05, 4.69) is 18.0 Å². The van der Waals surface area contributed by atoms with Crippen molar-refractivity contribution < 1.29 is 5.11 Å². The number of nitrogens with zero attached hydrogens (tertiary/aromatic N) is 1. The highest BCUT2D eigenvalue weighted by Crippen LogP contribution is 2.29. The van der Waals surface area contributed by atoms with Gasteiger partial charge < -0.3 is 5.11 Å². The third-order valence-corrected chi connectivity index (χ3v) is 4.62. The Labute approximate surface area is 112 Å². The van der Waals surface area contributed by atoms with E-state index in [0.717, 1.165) is 43.1 Å². The Morgan fingerprint density at radius 3 is 2.65 bits per heavy atom. The molecular weight excluding hydrogens is 254 g/mol. The van der Waals surface area contributed by atoms with Crippen LogP contribution in [0.2, 0.25) is 4.34 Å². The largest absolute Gasteiger partial charge is 0.389 e. The first-order chi connectivity index (χ1) is 8.07. The Balaban J connectivity index is 1.85. The number of rotatable bonds is 4. The molecule has 17 heavy (non-hydrogen) atoms. The molecule has 0 amide bonds. The summed E-state index contributed by atoms with van der Waals surface area (Å²) in [6, 6.07) is 4.00. The zero-order valence-corrected chi connectivity index (χ0v) is 11.9. The third kappa shape index (κ3) is 3.95. The van der Waals surface area contributed by atoms with Gasteiger partial charge in [0.25, 0.3) is 0 Å². The lowest BCUT2D eigenvalue weighted by Gasteiger charge is -2.35. The van der Waals surface area contributed by atoms with Crippen LogP contribution in [0.3, 0.4) is 0 Å². The lowest BCUT2D eigenvalue weighted by atomic mass is 9.84. The van der Waals surface area contributed by atoms with Gasteiger partial charge in [-0.15, -0.1) is 11.3 Å². The zero-order valence-electron chi connectivity index (χ0n) is 10.3. The molecule has 2 rings (SSSR count). The fourth-order valence-corrected chi connectivity index (χ4v) is 3.80. The normalized spacial score (nSPS) is 19.8. The second-order valence-electron chi connectivity index (χ2n) is 5.16. The van der Waals surface area contributed by atoms with Crippen LogP contribution in [0.25, 0.3) is 0 Å². The van der Waals surface area contributed by atoms with Gasteiger partial charge >= 0.3 is 0 Å². The van der Waals surface area contributed by atoms with E-state index in [4.69, 9.17) is 11.6 Å². The van der Waals surface area contributed by atoms with Crippen molar-refractivity contribution in [2.45, 2.75) is 44.2 Å². The van der Waals surface area contributed by atoms with Crippen LogP contribution in [0.4, 0.5) is 0 Å². The predicted molar refractivity (Wildman–Crippen MR) is 73.7 cm³/mol. The van der Waals surface area contributed by atoms with Crippen LogP contribution in [0.15, 0.2) is 12.1 Å². The predicted octanol–water partition coefficient (Wildman–Crippen LogP) is 3.53. The first-order valence-electron chi connectivity index (χ1n) is 6.23. The molecule has 0 saturated heterocycles. The molecule has 0 aliphatic heterocycles. The molecule has 1 heterocycles. The number of aliphatic hydroxyl groups is 1. The molecule has 2 nitrogen and oxygen atoms in total. The Morgan fingerprint density at radius 2 is 2.06 bits per heavy atom. The first-order valence-corrected chi connectivity index (χ1v) is 7.42. The highest BCUT2D eigenvalue weighted by atomic mass is 35.5. The van der Waals surface area contributed by atoms with Crippen LogP contribution < -0.4 is 0 Å². The quantitative estimate of drug-likeness (QED) is 0.907. The Morgan fingerprint density at radius 1 is 1.35 bits per heavy atom. The molecule has 1 saturated carbocycles. The number of halogens is 1. The molecule has 0 atom stereocenters. The van der Waals surface area contributed by atoms with E-state index in [0.29, 0.717) is 0 Å². The summed E-state index contributed by atoms with van der Waals surface area (Å²) in [5.74, 6) is 0. The molecule has 1 fully saturated rings. The lowest BCUT2D eigenvalue weighted by Crippen LogP contribution is -2.42. The lowest BCUT2D eigenvalue weighted by molar-refractivity contribution is -0.0222. The second-order valence-corrected chi connectivity index (χ2v) is 6.96. The minimum absolute atomic E-state index is 0.464. The minimum Gasteiger partial charge on any atom is -0.389 e. The average molecular weight is 274 g/mol. The number of hydrogen-bond donors (Lipinski definition) is 1. The molecule has 1 aliphatic rings. The van der Waals surface area contributed by atoms with Gasteiger partial charge in [0.2, 0.25) is 0 Å². The standard InChI is InChI=1S/C13H20ClNOS/c1-15(9-11-5-6-12(14)17-11)10-13(16)7-3-2-4-8-13/h5-6,16H,2-4,7-10H2,1H3. The van der Waals surface area contributed by atoms with Crippen LogP contribution in [-0.2, 0) is 6.54 Å². The molecule has 0 aromatic carbocycles. The number of hydrogen-bond acceptors (Lipinski definition) is 3. The summed E-state index contributed by atoms with van der Waals surface area (Å²) >= 11 is 7.53. The summed E-state index contributed by atoms with van der Waals surface area (Å²) in [6.07, 6.45) is 5.49. The smallest absolute Gasteiger partial charge is 0.0931 e. The van der Waals surface area contributed by atoms with Crippen molar-refractivity contribution in [2.75, 3.05) is 13.6 Å². The Bertz CT molecular complexity index is 360. The van der Waals surface area contributed by atoms with Crippen molar-refractivity contribution in [2.24, 2.45) is 0 Å². The minimum atomic E-state index is -0.464. The fraction of sp³-hybridized carbons (Fsp3) is 0.692. The van der Waals surface area contributed by atoms with E-state index >= 15 is 0 Å². The van der Waals surface area contributed by atoms with Gasteiger partial charge in [-0.25, -0.2) is 0 Å². The van der Waals surface area contributed by atoms with Crippen molar-refractivity contribution in [3.05, 3.63) is 21.3 Å². The molecule has 1 N–H and O–H groups in total. The maximum atomic E-state index is 10.5. The van der Waals surface area contributed by atoms with Crippen LogP contribution in [-0.4, -0.2) is 29.2 Å². The highest BCUT2D eigenvalue weighted by molar-refractivity contribution is 7.16. The van der Waals surface area contributed by atoms with Gasteiger partial charge in [0, 0.05) is 18.0 Å². The van der Waals surface area contributed by atoms with Crippen molar-refractivity contribution in [1.82, 2.24) is 4.90 Å². The fourth-order valence-electron chi connectivity index (χ4n) is 2.63. The SMILES string of the molecule is CN(Cc1ccc(Cl)s1)CC1(O)CCCCC1. The molecule has 0 spiro atoms. The van der Waals surface area contributed by atoms with Gasteiger partial charge in [-0.2, -0.15) is 0 Å². The molecule has 4 heteroatoms. The van der Waals surface area contributed by atoms with Crippen molar-refractivity contribution in [3.63, 3.8) is 0 Å². The summed E-state index contributed by atoms with van der Waals surface area (Å²) in [5, 5.41) is 10.5. The highest BCUT2D eigenvalue weighted by Gasteiger charge is 2.30. The Kier molecular flexibility index (Phi) is 4.47. The summed E-state index contributed by atoms with van der Waals surface area (Å²) in [6.45, 7) is 1.64. The maximum Gasteiger partial charge on any atom is 0.0931 e. The van der Waals surface area contributed by atoms with Crippen molar-refractivity contribution in [3.8, 4) is 0 Å². The average Bonchev–Trinajstić information content (AvgIpc) is 2.63. The summed E-state index contributed by atoms with van der Waals surface area (Å²) in [7, 11) is 2.07. The van der Waals surface area contributed by atoms with E-state index in [1.165, 1.54) is 11.3 Å². The molecule has 1 aromatic rings. The van der Waals surface area contributed by atoms with Gasteiger partial charge in [0.1, 0.15) is 0 Å². The molecule has 1 aromatic heterocycles. The van der Waals surface area contributed by atoms with Gasteiger partial charge in [0.05, 0.1) is 9.94 Å². The van der Waals surface area contributed by atoms with E-state index in [-0.39, 0.29) is 0 Å². The summed E-state index contributed by atoms with van der Waals surface area (Å²) in [5.41, 5.74) is -0.464. The topological polar surface area (TPSA) is 23.5 Å². The first kappa shape index (κ1) is 13.3. The van der Waals surface area contributed by atoms with Gasteiger partial charge in [-0.1, -0.05) is 30.9 Å². The summed E-state index contributed by atoms with van der Waals surface area (Å²) < 4.78 is 0.838.